The van der Waals surface area contributed by atoms with Crippen molar-refractivity contribution in [3.05, 3.63) is 29.8 Å². The number of halogens is 3. The van der Waals surface area contributed by atoms with Gasteiger partial charge in [0.2, 0.25) is 0 Å². The molecule has 0 saturated carbocycles. The number of rotatable bonds is 7. The monoisotopic (exact) mass is 469 g/mol. The smallest absolute Gasteiger partial charge is 0.387 e. The summed E-state index contributed by atoms with van der Waals surface area (Å²) in [4.78, 5) is 6.26. The predicted molar refractivity (Wildman–Crippen MR) is 105 cm³/mol. The molecule has 1 heterocycles. The molecule has 1 saturated heterocycles. The number of nitrogens with one attached hydrogen (secondary N) is 1. The molecule has 0 amide bonds. The molecule has 0 aromatic heterocycles. The van der Waals surface area contributed by atoms with Crippen molar-refractivity contribution in [3.63, 3.8) is 0 Å². The Morgan fingerprint density at radius 2 is 2.12 bits per heavy atom. The quantitative estimate of drug-likeness (QED) is 0.378. The lowest BCUT2D eigenvalue weighted by molar-refractivity contribution is -0.0498. The average Bonchev–Trinajstić information content (AvgIpc) is 3.06. The Balaban J connectivity index is 0.00000312. The highest BCUT2D eigenvalue weighted by Gasteiger charge is 2.15. The van der Waals surface area contributed by atoms with Gasteiger partial charge in [0.05, 0.1) is 6.10 Å². The molecule has 8 heteroatoms. The van der Waals surface area contributed by atoms with E-state index < -0.39 is 6.61 Å². The first kappa shape index (κ1) is 21.9. The highest BCUT2D eigenvalue weighted by molar-refractivity contribution is 14.0. The second kappa shape index (κ2) is 11.5. The van der Waals surface area contributed by atoms with Gasteiger partial charge in [-0.3, -0.25) is 4.99 Å². The van der Waals surface area contributed by atoms with Gasteiger partial charge in [0.15, 0.2) is 5.96 Å². The molecule has 1 aliphatic rings. The third-order valence-electron chi connectivity index (χ3n) is 3.92. The molecule has 2 rings (SSSR count). The lowest BCUT2D eigenvalue weighted by Crippen LogP contribution is -2.39. The molecular formula is C17H26F2IN3O2. The van der Waals surface area contributed by atoms with Gasteiger partial charge in [-0.2, -0.15) is 8.78 Å². The molecule has 1 aromatic rings. The van der Waals surface area contributed by atoms with Crippen LogP contribution in [0.25, 0.3) is 0 Å². The number of nitrogens with zero attached hydrogens (tertiary/aromatic N) is 2. The summed E-state index contributed by atoms with van der Waals surface area (Å²) in [6.45, 7) is -0.507. The summed E-state index contributed by atoms with van der Waals surface area (Å²) < 4.78 is 34.3. The normalized spacial score (nSPS) is 17.3. The molecule has 1 fully saturated rings. The Morgan fingerprint density at radius 1 is 1.40 bits per heavy atom. The van der Waals surface area contributed by atoms with Crippen LogP contribution in [-0.4, -0.2) is 50.8 Å². The van der Waals surface area contributed by atoms with E-state index in [0.717, 1.165) is 43.9 Å². The fourth-order valence-corrected chi connectivity index (χ4v) is 2.73. The van der Waals surface area contributed by atoms with Crippen LogP contribution >= 0.6 is 24.0 Å². The fraction of sp³-hybridized carbons (Fsp3) is 0.588. The fourth-order valence-electron chi connectivity index (χ4n) is 2.73. The van der Waals surface area contributed by atoms with Gasteiger partial charge in [-0.1, -0.05) is 12.1 Å². The van der Waals surface area contributed by atoms with Gasteiger partial charge in [0, 0.05) is 33.8 Å². The first-order valence-electron chi connectivity index (χ1n) is 8.15. The lowest BCUT2D eigenvalue weighted by Gasteiger charge is -2.23. The van der Waals surface area contributed by atoms with Crippen molar-refractivity contribution in [2.24, 2.45) is 4.99 Å². The minimum absolute atomic E-state index is 0. The third kappa shape index (κ3) is 7.72. The van der Waals surface area contributed by atoms with Crippen molar-refractivity contribution >= 4 is 29.9 Å². The maximum atomic E-state index is 12.1. The van der Waals surface area contributed by atoms with Crippen molar-refractivity contribution < 1.29 is 18.3 Å². The number of aliphatic imine (C=N–C) groups is 1. The molecule has 0 spiro atoms. The number of ether oxygens (including phenoxy) is 2. The molecule has 5 nitrogen and oxygen atoms in total. The summed E-state index contributed by atoms with van der Waals surface area (Å²) in [6, 6.07) is 6.63. The number of hydrogen-bond acceptors (Lipinski definition) is 3. The van der Waals surface area contributed by atoms with Crippen LogP contribution in [0.15, 0.2) is 29.3 Å². The molecule has 0 aliphatic carbocycles. The molecule has 0 bridgehead atoms. The van der Waals surface area contributed by atoms with Gasteiger partial charge in [0.1, 0.15) is 5.75 Å². The standard InChI is InChI=1S/C17H25F2N3O2.HI/c1-20-17(21-10-9-14-4-3-11-23-14)22(2)12-13-5-7-15(8-6-13)24-16(18)19;/h5-8,14,16H,3-4,9-12H2,1-2H3,(H,20,21);1H. The molecule has 1 aromatic carbocycles. The topological polar surface area (TPSA) is 46.1 Å². The Labute approximate surface area is 164 Å². The van der Waals surface area contributed by atoms with Crippen molar-refractivity contribution in [1.82, 2.24) is 10.2 Å². The maximum Gasteiger partial charge on any atom is 0.387 e. The lowest BCUT2D eigenvalue weighted by atomic mass is 10.2. The van der Waals surface area contributed by atoms with Crippen LogP contribution in [0.1, 0.15) is 24.8 Å². The van der Waals surface area contributed by atoms with Crippen LogP contribution in [0.4, 0.5) is 8.78 Å². The number of benzene rings is 1. The van der Waals surface area contributed by atoms with Crippen LogP contribution in [-0.2, 0) is 11.3 Å². The van der Waals surface area contributed by atoms with Gasteiger partial charge < -0.3 is 19.7 Å². The van der Waals surface area contributed by atoms with E-state index in [-0.39, 0.29) is 29.7 Å². The highest BCUT2D eigenvalue weighted by Crippen LogP contribution is 2.16. The van der Waals surface area contributed by atoms with E-state index >= 15 is 0 Å². The zero-order chi connectivity index (χ0) is 17.4. The minimum Gasteiger partial charge on any atom is -0.435 e. The number of alkyl halides is 2. The molecule has 1 aliphatic heterocycles. The van der Waals surface area contributed by atoms with Crippen LogP contribution in [0.5, 0.6) is 5.75 Å². The number of guanidine groups is 1. The second-order valence-corrected chi connectivity index (χ2v) is 5.78. The van der Waals surface area contributed by atoms with E-state index in [0.29, 0.717) is 12.6 Å². The molecule has 25 heavy (non-hydrogen) atoms. The summed E-state index contributed by atoms with van der Waals surface area (Å²) >= 11 is 0. The minimum atomic E-state index is -2.80. The number of hydrogen-bond donors (Lipinski definition) is 1. The SMILES string of the molecule is CN=C(NCCC1CCCO1)N(C)Cc1ccc(OC(F)F)cc1.I. The first-order valence-corrected chi connectivity index (χ1v) is 8.15. The van der Waals surface area contributed by atoms with Gasteiger partial charge in [-0.05, 0) is 37.0 Å². The van der Waals surface area contributed by atoms with Crippen LogP contribution < -0.4 is 10.1 Å². The van der Waals surface area contributed by atoms with Crippen molar-refractivity contribution in [2.75, 3.05) is 27.2 Å². The first-order chi connectivity index (χ1) is 11.6. The van der Waals surface area contributed by atoms with E-state index in [2.05, 4.69) is 15.0 Å². The summed E-state index contributed by atoms with van der Waals surface area (Å²) in [5, 5.41) is 3.33. The molecule has 1 N–H and O–H groups in total. The van der Waals surface area contributed by atoms with Gasteiger partial charge in [0.25, 0.3) is 0 Å². The molecule has 1 atom stereocenters. The van der Waals surface area contributed by atoms with Crippen LogP contribution in [0.3, 0.4) is 0 Å². The van der Waals surface area contributed by atoms with Gasteiger partial charge in [-0.15, -0.1) is 24.0 Å². The summed E-state index contributed by atoms with van der Waals surface area (Å²) in [7, 11) is 3.68. The Bertz CT molecular complexity index is 523. The van der Waals surface area contributed by atoms with Crippen molar-refractivity contribution in [1.29, 1.82) is 0 Å². The Hall–Kier alpha value is -1.16. The Morgan fingerprint density at radius 3 is 2.68 bits per heavy atom. The van der Waals surface area contributed by atoms with Gasteiger partial charge >= 0.3 is 6.61 Å². The van der Waals surface area contributed by atoms with Crippen molar-refractivity contribution in [3.8, 4) is 5.75 Å². The summed E-state index contributed by atoms with van der Waals surface area (Å²) in [5.41, 5.74) is 0.987. The van der Waals surface area contributed by atoms with Crippen LogP contribution in [0, 0.1) is 0 Å². The molecular weight excluding hydrogens is 443 g/mol. The highest BCUT2D eigenvalue weighted by atomic mass is 127. The van der Waals surface area contributed by atoms with E-state index in [1.165, 1.54) is 0 Å². The molecule has 0 radical (unpaired) electrons. The summed E-state index contributed by atoms with van der Waals surface area (Å²) in [5.74, 6) is 0.955. The van der Waals surface area contributed by atoms with E-state index in [4.69, 9.17) is 4.74 Å². The zero-order valence-corrected chi connectivity index (χ0v) is 16.9. The molecule has 142 valence electrons. The van der Waals surface area contributed by atoms with Crippen molar-refractivity contribution in [2.45, 2.75) is 38.5 Å². The largest absolute Gasteiger partial charge is 0.435 e. The summed E-state index contributed by atoms with van der Waals surface area (Å²) in [6.07, 6.45) is 3.59. The zero-order valence-electron chi connectivity index (χ0n) is 14.6. The third-order valence-corrected chi connectivity index (χ3v) is 3.92. The Kier molecular flexibility index (Phi) is 10.0. The maximum absolute atomic E-state index is 12.1. The molecule has 1 unspecified atom stereocenters. The predicted octanol–water partition coefficient (Wildman–Crippen LogP) is 3.48. The van der Waals surface area contributed by atoms with Gasteiger partial charge in [-0.25, -0.2) is 0 Å². The second-order valence-electron chi connectivity index (χ2n) is 5.78. The van der Waals surface area contributed by atoms with E-state index in [1.807, 2.05) is 11.9 Å². The van der Waals surface area contributed by atoms with E-state index in [9.17, 15) is 8.78 Å². The van der Waals surface area contributed by atoms with Crippen LogP contribution in [0.2, 0.25) is 0 Å². The average molecular weight is 469 g/mol. The van der Waals surface area contributed by atoms with E-state index in [1.54, 1.807) is 31.3 Å².